The van der Waals surface area contributed by atoms with Crippen molar-refractivity contribution in [2.24, 2.45) is 5.92 Å². The summed E-state index contributed by atoms with van der Waals surface area (Å²) in [6, 6.07) is 4.25. The SMILES string of the molecule is Cc1ccc(F)cc1CS(=O)C(C(=O)O)C(C)C. The van der Waals surface area contributed by atoms with E-state index in [1.807, 2.05) is 0 Å². The summed E-state index contributed by atoms with van der Waals surface area (Å²) in [5.74, 6) is -1.63. The van der Waals surface area contributed by atoms with Gasteiger partial charge in [0.25, 0.3) is 0 Å². The first-order valence-electron chi connectivity index (χ1n) is 5.68. The number of rotatable bonds is 5. The van der Waals surface area contributed by atoms with Crippen molar-refractivity contribution in [2.75, 3.05) is 0 Å². The Labute approximate surface area is 108 Å². The van der Waals surface area contributed by atoms with E-state index in [1.165, 1.54) is 12.1 Å². The fraction of sp³-hybridized carbons (Fsp3) is 0.462. The minimum Gasteiger partial charge on any atom is -0.480 e. The van der Waals surface area contributed by atoms with E-state index in [1.54, 1.807) is 26.8 Å². The fourth-order valence-corrected chi connectivity index (χ4v) is 3.37. The zero-order chi connectivity index (χ0) is 13.9. The van der Waals surface area contributed by atoms with Gasteiger partial charge in [-0.3, -0.25) is 9.00 Å². The molecule has 0 spiro atoms. The van der Waals surface area contributed by atoms with Gasteiger partial charge in [0.1, 0.15) is 11.1 Å². The smallest absolute Gasteiger partial charge is 0.319 e. The summed E-state index contributed by atoms with van der Waals surface area (Å²) in [7, 11) is -1.55. The van der Waals surface area contributed by atoms with Crippen LogP contribution in [0, 0.1) is 18.7 Å². The third-order valence-corrected chi connectivity index (χ3v) is 4.65. The van der Waals surface area contributed by atoms with Gasteiger partial charge in [0.05, 0.1) is 0 Å². The summed E-state index contributed by atoms with van der Waals surface area (Å²) in [6.45, 7) is 5.22. The molecule has 2 atom stereocenters. The van der Waals surface area contributed by atoms with E-state index in [2.05, 4.69) is 0 Å². The van der Waals surface area contributed by atoms with Crippen LogP contribution in [-0.2, 0) is 21.3 Å². The number of halogens is 1. The molecule has 18 heavy (non-hydrogen) atoms. The lowest BCUT2D eigenvalue weighted by molar-refractivity contribution is -0.137. The Bertz CT molecular complexity index is 471. The highest BCUT2D eigenvalue weighted by atomic mass is 32.2. The second kappa shape index (κ2) is 6.09. The molecule has 0 saturated carbocycles. The van der Waals surface area contributed by atoms with Crippen LogP contribution in [0.1, 0.15) is 25.0 Å². The molecule has 1 rings (SSSR count). The Morgan fingerprint density at radius 1 is 1.44 bits per heavy atom. The third kappa shape index (κ3) is 3.63. The Kier molecular flexibility index (Phi) is 5.02. The van der Waals surface area contributed by atoms with E-state index in [0.717, 1.165) is 5.56 Å². The van der Waals surface area contributed by atoms with Gasteiger partial charge in [0.2, 0.25) is 0 Å². The summed E-state index contributed by atoms with van der Waals surface area (Å²) in [5, 5.41) is 8.13. The van der Waals surface area contributed by atoms with Crippen LogP contribution in [0.5, 0.6) is 0 Å². The molecule has 0 saturated heterocycles. The minimum absolute atomic E-state index is 0.0682. The first-order valence-corrected chi connectivity index (χ1v) is 7.06. The predicted molar refractivity (Wildman–Crippen MR) is 69.2 cm³/mol. The van der Waals surface area contributed by atoms with Crippen molar-refractivity contribution in [3.05, 3.63) is 35.1 Å². The maximum atomic E-state index is 13.1. The summed E-state index contributed by atoms with van der Waals surface area (Å²) < 4.78 is 25.2. The molecular formula is C13H17FO3S. The maximum absolute atomic E-state index is 13.1. The first-order chi connectivity index (χ1) is 8.32. The number of benzene rings is 1. The molecule has 1 aromatic carbocycles. The van der Waals surface area contributed by atoms with E-state index >= 15 is 0 Å². The Balaban J connectivity index is 2.92. The van der Waals surface area contributed by atoms with Gasteiger partial charge in [-0.15, -0.1) is 0 Å². The van der Waals surface area contributed by atoms with Gasteiger partial charge in [-0.2, -0.15) is 0 Å². The molecule has 2 unspecified atom stereocenters. The molecule has 100 valence electrons. The predicted octanol–water partition coefficient (Wildman–Crippen LogP) is 2.49. The monoisotopic (exact) mass is 272 g/mol. The summed E-state index contributed by atoms with van der Waals surface area (Å²) >= 11 is 0. The van der Waals surface area contributed by atoms with Gasteiger partial charge in [0, 0.05) is 16.6 Å². The quantitative estimate of drug-likeness (QED) is 0.896. The maximum Gasteiger partial charge on any atom is 0.319 e. The highest BCUT2D eigenvalue weighted by molar-refractivity contribution is 7.85. The molecule has 0 fully saturated rings. The Morgan fingerprint density at radius 2 is 2.06 bits per heavy atom. The average Bonchev–Trinajstić information content (AvgIpc) is 2.22. The molecule has 3 nitrogen and oxygen atoms in total. The molecule has 0 aliphatic heterocycles. The fourth-order valence-electron chi connectivity index (χ4n) is 1.74. The lowest BCUT2D eigenvalue weighted by Gasteiger charge is -2.16. The minimum atomic E-state index is -1.55. The van der Waals surface area contributed by atoms with Crippen molar-refractivity contribution in [2.45, 2.75) is 31.8 Å². The van der Waals surface area contributed by atoms with Crippen molar-refractivity contribution < 1.29 is 18.5 Å². The zero-order valence-corrected chi connectivity index (χ0v) is 11.5. The summed E-state index contributed by atoms with van der Waals surface area (Å²) in [6.07, 6.45) is 0. The van der Waals surface area contributed by atoms with Crippen molar-refractivity contribution in [3.63, 3.8) is 0 Å². The number of carbonyl (C=O) groups is 1. The van der Waals surface area contributed by atoms with Gasteiger partial charge in [0.15, 0.2) is 0 Å². The number of aryl methyl sites for hydroxylation is 1. The number of aliphatic carboxylic acids is 1. The Morgan fingerprint density at radius 3 is 2.56 bits per heavy atom. The van der Waals surface area contributed by atoms with Gasteiger partial charge in [-0.25, -0.2) is 4.39 Å². The number of carboxylic acid groups (broad SMARTS) is 1. The highest BCUT2D eigenvalue weighted by Gasteiger charge is 2.28. The van der Waals surface area contributed by atoms with E-state index in [-0.39, 0.29) is 11.7 Å². The molecular weight excluding hydrogens is 255 g/mol. The van der Waals surface area contributed by atoms with Crippen LogP contribution in [0.25, 0.3) is 0 Å². The second-order valence-corrected chi connectivity index (χ2v) is 6.16. The van der Waals surface area contributed by atoms with Crippen LogP contribution in [0.2, 0.25) is 0 Å². The van der Waals surface area contributed by atoms with Gasteiger partial charge in [-0.05, 0) is 36.1 Å². The largest absolute Gasteiger partial charge is 0.480 e. The van der Waals surface area contributed by atoms with Crippen molar-refractivity contribution in [3.8, 4) is 0 Å². The molecule has 5 heteroatoms. The molecule has 1 N–H and O–H groups in total. The van der Waals surface area contributed by atoms with E-state index in [4.69, 9.17) is 5.11 Å². The first kappa shape index (κ1) is 14.8. The van der Waals surface area contributed by atoms with Crippen molar-refractivity contribution in [1.82, 2.24) is 0 Å². The standard InChI is InChI=1S/C13H17FO3S/c1-8(2)12(13(15)16)18(17)7-10-6-11(14)5-4-9(10)3/h4-6,8,12H,7H2,1-3H3,(H,15,16). The van der Waals surface area contributed by atoms with Crippen molar-refractivity contribution in [1.29, 1.82) is 0 Å². The summed E-state index contributed by atoms with van der Waals surface area (Å²) in [5.41, 5.74) is 1.41. The molecule has 1 aromatic rings. The van der Waals surface area contributed by atoms with Gasteiger partial charge in [-0.1, -0.05) is 19.9 Å². The molecule has 0 heterocycles. The molecule has 0 aliphatic carbocycles. The molecule has 0 aliphatic rings. The second-order valence-electron chi connectivity index (χ2n) is 4.60. The van der Waals surface area contributed by atoms with Crippen LogP contribution in [0.15, 0.2) is 18.2 Å². The average molecular weight is 272 g/mol. The number of carboxylic acids is 1. The van der Waals surface area contributed by atoms with Crippen LogP contribution in [-0.4, -0.2) is 20.5 Å². The van der Waals surface area contributed by atoms with E-state index < -0.39 is 27.8 Å². The number of hydrogen-bond acceptors (Lipinski definition) is 2. The van der Waals surface area contributed by atoms with E-state index in [0.29, 0.717) is 5.56 Å². The Hall–Kier alpha value is -1.23. The topological polar surface area (TPSA) is 54.4 Å². The van der Waals surface area contributed by atoms with E-state index in [9.17, 15) is 13.4 Å². The molecule has 0 amide bonds. The van der Waals surface area contributed by atoms with Crippen LogP contribution >= 0.6 is 0 Å². The molecule has 0 bridgehead atoms. The van der Waals surface area contributed by atoms with Crippen LogP contribution in [0.3, 0.4) is 0 Å². The highest BCUT2D eigenvalue weighted by Crippen LogP contribution is 2.18. The zero-order valence-electron chi connectivity index (χ0n) is 10.6. The third-order valence-electron chi connectivity index (χ3n) is 2.74. The normalized spacial score (nSPS) is 14.5. The van der Waals surface area contributed by atoms with Crippen molar-refractivity contribution >= 4 is 16.8 Å². The molecule has 0 radical (unpaired) electrons. The van der Waals surface area contributed by atoms with Crippen LogP contribution in [0.4, 0.5) is 4.39 Å². The lowest BCUT2D eigenvalue weighted by Crippen LogP contribution is -2.31. The lowest BCUT2D eigenvalue weighted by atomic mass is 10.1. The summed E-state index contributed by atoms with van der Waals surface area (Å²) in [4.78, 5) is 11.1. The molecule has 0 aromatic heterocycles. The van der Waals surface area contributed by atoms with Crippen LogP contribution < -0.4 is 0 Å². The van der Waals surface area contributed by atoms with Gasteiger partial charge >= 0.3 is 5.97 Å². The van der Waals surface area contributed by atoms with Gasteiger partial charge < -0.3 is 5.11 Å². The number of hydrogen-bond donors (Lipinski definition) is 1.